The maximum absolute atomic E-state index is 12.5. The molecule has 0 bridgehead atoms. The Morgan fingerprint density at radius 2 is 1.85 bits per heavy atom. The number of rotatable bonds is 4. The Morgan fingerprint density at radius 1 is 1.20 bits per heavy atom. The van der Waals surface area contributed by atoms with E-state index in [0.717, 1.165) is 29.0 Å². The van der Waals surface area contributed by atoms with Gasteiger partial charge in [0.2, 0.25) is 0 Å². The monoisotopic (exact) mass is 284 g/mol. The lowest BCUT2D eigenvalue weighted by Crippen LogP contribution is -2.29. The summed E-state index contributed by atoms with van der Waals surface area (Å²) in [5, 5.41) is 0. The third-order valence-corrected chi connectivity index (χ3v) is 3.20. The predicted octanol–water partition coefficient (Wildman–Crippen LogP) is 3.35. The van der Waals surface area contributed by atoms with E-state index in [4.69, 9.17) is 10.3 Å². The molecule has 2 aromatic rings. The molecule has 108 valence electrons. The van der Waals surface area contributed by atoms with Crippen molar-refractivity contribution in [1.82, 2.24) is 5.43 Å². The Bertz CT molecular complexity index is 561. The van der Waals surface area contributed by atoms with Crippen molar-refractivity contribution in [2.45, 2.75) is 25.6 Å². The number of nitrogens with two attached hydrogens (primary N) is 1. The number of alkyl halides is 3. The number of nitrogens with one attached hydrogen (secondary N) is 1. The smallest absolute Gasteiger partial charge is 0.416 e. The Labute approximate surface area is 114 Å². The molecule has 1 aromatic carbocycles. The molecule has 1 heterocycles. The quantitative estimate of drug-likeness (QED) is 0.668. The zero-order chi connectivity index (χ0) is 14.8. The molecule has 6 heteroatoms. The van der Waals surface area contributed by atoms with E-state index in [1.54, 1.807) is 12.3 Å². The molecule has 0 fully saturated rings. The summed E-state index contributed by atoms with van der Waals surface area (Å²) >= 11 is 0. The van der Waals surface area contributed by atoms with E-state index in [0.29, 0.717) is 6.42 Å². The molecule has 3 nitrogen and oxygen atoms in total. The topological polar surface area (TPSA) is 51.2 Å². The van der Waals surface area contributed by atoms with Gasteiger partial charge in [-0.1, -0.05) is 12.1 Å². The van der Waals surface area contributed by atoms with Gasteiger partial charge in [-0.15, -0.1) is 0 Å². The minimum Gasteiger partial charge on any atom is -0.469 e. The molecule has 1 aromatic heterocycles. The van der Waals surface area contributed by atoms with Crippen molar-refractivity contribution in [1.29, 1.82) is 0 Å². The van der Waals surface area contributed by atoms with Crippen LogP contribution in [0.15, 0.2) is 41.0 Å². The second kappa shape index (κ2) is 5.68. The number of aryl methyl sites for hydroxylation is 1. The van der Waals surface area contributed by atoms with Gasteiger partial charge in [0.05, 0.1) is 17.9 Å². The summed E-state index contributed by atoms with van der Waals surface area (Å²) in [4.78, 5) is 0. The molecular formula is C14H15F3N2O. The lowest BCUT2D eigenvalue weighted by Gasteiger charge is -2.16. The normalized spacial score (nSPS) is 13.4. The molecule has 1 unspecified atom stereocenters. The first-order valence-electron chi connectivity index (χ1n) is 6.08. The molecule has 20 heavy (non-hydrogen) atoms. The largest absolute Gasteiger partial charge is 0.469 e. The van der Waals surface area contributed by atoms with Crippen molar-refractivity contribution in [2.75, 3.05) is 0 Å². The summed E-state index contributed by atoms with van der Waals surface area (Å²) in [7, 11) is 0. The number of benzene rings is 1. The lowest BCUT2D eigenvalue weighted by molar-refractivity contribution is -0.137. The van der Waals surface area contributed by atoms with Crippen LogP contribution >= 0.6 is 0 Å². The van der Waals surface area contributed by atoms with Crippen molar-refractivity contribution in [3.63, 3.8) is 0 Å². The van der Waals surface area contributed by atoms with Gasteiger partial charge in [0, 0.05) is 5.56 Å². The summed E-state index contributed by atoms with van der Waals surface area (Å²) in [5.41, 5.74) is 3.66. The molecule has 0 aliphatic rings. The van der Waals surface area contributed by atoms with Crippen LogP contribution in [0.25, 0.3) is 0 Å². The molecular weight excluding hydrogens is 269 g/mol. The van der Waals surface area contributed by atoms with E-state index in [1.165, 1.54) is 12.1 Å². The van der Waals surface area contributed by atoms with Crippen molar-refractivity contribution in [3.8, 4) is 0 Å². The van der Waals surface area contributed by atoms with Gasteiger partial charge in [-0.2, -0.15) is 13.2 Å². The van der Waals surface area contributed by atoms with E-state index >= 15 is 0 Å². The number of halogens is 3. The zero-order valence-electron chi connectivity index (χ0n) is 10.9. The highest BCUT2D eigenvalue weighted by atomic mass is 19.4. The van der Waals surface area contributed by atoms with Crippen LogP contribution in [0.3, 0.4) is 0 Å². The first-order valence-corrected chi connectivity index (χ1v) is 6.08. The summed E-state index contributed by atoms with van der Waals surface area (Å²) < 4.78 is 42.6. The van der Waals surface area contributed by atoms with E-state index in [-0.39, 0.29) is 6.04 Å². The van der Waals surface area contributed by atoms with Crippen LogP contribution in [-0.4, -0.2) is 0 Å². The van der Waals surface area contributed by atoms with Crippen LogP contribution in [0.4, 0.5) is 13.2 Å². The van der Waals surface area contributed by atoms with E-state index in [9.17, 15) is 13.2 Å². The fourth-order valence-corrected chi connectivity index (χ4v) is 2.08. The van der Waals surface area contributed by atoms with Crippen LogP contribution in [0.5, 0.6) is 0 Å². The molecule has 0 saturated heterocycles. The molecule has 0 saturated carbocycles. The highest BCUT2D eigenvalue weighted by molar-refractivity contribution is 5.28. The van der Waals surface area contributed by atoms with Crippen LogP contribution < -0.4 is 11.3 Å². The van der Waals surface area contributed by atoms with E-state index in [1.807, 2.05) is 6.92 Å². The average Bonchev–Trinajstić information content (AvgIpc) is 2.82. The Hall–Kier alpha value is -1.79. The van der Waals surface area contributed by atoms with Gasteiger partial charge in [-0.25, -0.2) is 0 Å². The van der Waals surface area contributed by atoms with E-state index < -0.39 is 11.7 Å². The first-order chi connectivity index (χ1) is 9.41. The number of furan rings is 1. The highest BCUT2D eigenvalue weighted by Crippen LogP contribution is 2.30. The molecule has 2 rings (SSSR count). The van der Waals surface area contributed by atoms with Crippen LogP contribution in [-0.2, 0) is 12.6 Å². The predicted molar refractivity (Wildman–Crippen MR) is 68.7 cm³/mol. The lowest BCUT2D eigenvalue weighted by atomic mass is 9.99. The van der Waals surface area contributed by atoms with Gasteiger partial charge in [0.15, 0.2) is 0 Å². The fourth-order valence-electron chi connectivity index (χ4n) is 2.08. The molecule has 0 spiro atoms. The second-order valence-electron chi connectivity index (χ2n) is 4.55. The number of hydrogen-bond acceptors (Lipinski definition) is 3. The fraction of sp³-hybridized carbons (Fsp3) is 0.286. The minimum absolute atomic E-state index is 0.203. The standard InChI is InChI=1S/C14H15F3N2O/c1-9-12(6-7-20-9)13(19-18)8-10-2-4-11(5-3-10)14(15,16)17/h2-7,13,19H,8,18H2,1H3. The number of hydrazine groups is 1. The van der Waals surface area contributed by atoms with Gasteiger partial charge < -0.3 is 4.42 Å². The molecule has 0 radical (unpaired) electrons. The van der Waals surface area contributed by atoms with Gasteiger partial charge in [0.25, 0.3) is 0 Å². The first kappa shape index (κ1) is 14.6. The summed E-state index contributed by atoms with van der Waals surface area (Å²) in [6.45, 7) is 1.81. The van der Waals surface area contributed by atoms with Crippen LogP contribution in [0.1, 0.15) is 28.5 Å². The maximum atomic E-state index is 12.5. The van der Waals surface area contributed by atoms with Crippen LogP contribution in [0.2, 0.25) is 0 Å². The van der Waals surface area contributed by atoms with Gasteiger partial charge in [-0.05, 0) is 37.1 Å². The summed E-state index contributed by atoms with van der Waals surface area (Å²) in [6.07, 6.45) is -2.28. The van der Waals surface area contributed by atoms with Crippen LogP contribution in [0, 0.1) is 6.92 Å². The van der Waals surface area contributed by atoms with Gasteiger partial charge >= 0.3 is 6.18 Å². The second-order valence-corrected chi connectivity index (χ2v) is 4.55. The molecule has 1 atom stereocenters. The zero-order valence-corrected chi connectivity index (χ0v) is 10.9. The Kier molecular flexibility index (Phi) is 4.15. The van der Waals surface area contributed by atoms with Crippen molar-refractivity contribution in [2.24, 2.45) is 5.84 Å². The van der Waals surface area contributed by atoms with Crippen molar-refractivity contribution >= 4 is 0 Å². The van der Waals surface area contributed by atoms with Gasteiger partial charge in [-0.3, -0.25) is 11.3 Å². The van der Waals surface area contributed by atoms with Crippen molar-refractivity contribution in [3.05, 3.63) is 59.0 Å². The Balaban J connectivity index is 2.15. The third kappa shape index (κ3) is 3.20. The molecule has 3 N–H and O–H groups in total. The Morgan fingerprint density at radius 3 is 2.30 bits per heavy atom. The SMILES string of the molecule is Cc1occc1C(Cc1ccc(C(F)(F)F)cc1)NN. The average molecular weight is 284 g/mol. The summed E-state index contributed by atoms with van der Waals surface area (Å²) in [5.74, 6) is 6.24. The van der Waals surface area contributed by atoms with Crippen molar-refractivity contribution < 1.29 is 17.6 Å². The maximum Gasteiger partial charge on any atom is 0.416 e. The van der Waals surface area contributed by atoms with E-state index in [2.05, 4.69) is 5.43 Å². The molecule has 0 aliphatic heterocycles. The third-order valence-electron chi connectivity index (χ3n) is 3.20. The molecule has 0 amide bonds. The number of hydrogen-bond donors (Lipinski definition) is 2. The van der Waals surface area contributed by atoms with Gasteiger partial charge in [0.1, 0.15) is 5.76 Å². The highest BCUT2D eigenvalue weighted by Gasteiger charge is 2.30. The summed E-state index contributed by atoms with van der Waals surface area (Å²) in [6, 6.07) is 6.66. The minimum atomic E-state index is -4.31. The molecule has 0 aliphatic carbocycles.